The minimum absolute atomic E-state index is 0.334. The number of rotatable bonds is 4. The van der Waals surface area contributed by atoms with Crippen LogP contribution in [0.1, 0.15) is 27.0 Å². The molecule has 1 amide bonds. The van der Waals surface area contributed by atoms with Crippen LogP contribution in [-0.4, -0.2) is 26.1 Å². The minimum atomic E-state index is -1.57. The molecule has 2 N–H and O–H groups in total. The highest BCUT2D eigenvalue weighted by Crippen LogP contribution is 2.50. The highest BCUT2D eigenvalue weighted by molar-refractivity contribution is 6.33. The second-order valence-electron chi connectivity index (χ2n) is 7.37. The molecule has 8 heteroatoms. The molecule has 0 bridgehead atoms. The largest absolute Gasteiger partial charge is 0.494 e. The number of amides is 1. The first-order valence-corrected chi connectivity index (χ1v) is 10.5. The van der Waals surface area contributed by atoms with E-state index in [1.807, 2.05) is 0 Å². The Morgan fingerprint density at radius 1 is 1.00 bits per heavy atom. The molecule has 4 rings (SSSR count). The molecule has 1 unspecified atom stereocenters. The number of anilines is 2. The van der Waals surface area contributed by atoms with Gasteiger partial charge in [-0.05, 0) is 43.3 Å². The van der Waals surface area contributed by atoms with Crippen molar-refractivity contribution in [2.45, 2.75) is 12.5 Å². The molecule has 6 nitrogen and oxygen atoms in total. The van der Waals surface area contributed by atoms with Crippen LogP contribution in [0.2, 0.25) is 10.0 Å². The summed E-state index contributed by atoms with van der Waals surface area (Å²) in [5.41, 5.74) is 8.07. The fraction of sp³-hybridized carbons (Fsp3) is 0.167. The summed E-state index contributed by atoms with van der Waals surface area (Å²) in [7, 11) is 2.78. The van der Waals surface area contributed by atoms with Gasteiger partial charge in [0, 0.05) is 26.7 Å². The molecule has 1 aliphatic heterocycles. The van der Waals surface area contributed by atoms with Gasteiger partial charge in [-0.25, -0.2) is 4.79 Å². The molecular formula is C24H20Cl2N2O4. The summed E-state index contributed by atoms with van der Waals surface area (Å²) in [6.07, 6.45) is 0. The maximum Gasteiger partial charge on any atom is 0.338 e. The zero-order valence-electron chi connectivity index (χ0n) is 17.6. The van der Waals surface area contributed by atoms with Crippen molar-refractivity contribution in [3.8, 4) is 5.75 Å². The van der Waals surface area contributed by atoms with Crippen LogP contribution >= 0.6 is 23.2 Å². The number of ether oxygens (including phenoxy) is 2. The molecule has 3 aromatic rings. The van der Waals surface area contributed by atoms with Crippen LogP contribution < -0.4 is 15.4 Å². The van der Waals surface area contributed by atoms with E-state index in [0.29, 0.717) is 49.4 Å². The van der Waals surface area contributed by atoms with Crippen LogP contribution in [0, 0.1) is 6.92 Å². The number of carbonyl (C=O) groups is 2. The van der Waals surface area contributed by atoms with Gasteiger partial charge >= 0.3 is 5.97 Å². The fourth-order valence-electron chi connectivity index (χ4n) is 4.14. The number of methoxy groups -OCH3 is 2. The Hall–Kier alpha value is -3.06. The van der Waals surface area contributed by atoms with E-state index >= 15 is 0 Å². The van der Waals surface area contributed by atoms with Crippen LogP contribution in [0.25, 0.3) is 0 Å². The zero-order valence-corrected chi connectivity index (χ0v) is 19.1. The molecule has 164 valence electrons. The summed E-state index contributed by atoms with van der Waals surface area (Å²) in [5, 5.41) is 0.796. The number of hydrogen-bond donors (Lipinski definition) is 1. The Morgan fingerprint density at radius 3 is 2.34 bits per heavy atom. The number of hydrogen-bond acceptors (Lipinski definition) is 5. The summed E-state index contributed by atoms with van der Waals surface area (Å²) in [5.74, 6) is -0.575. The van der Waals surface area contributed by atoms with Gasteiger partial charge < -0.3 is 15.2 Å². The van der Waals surface area contributed by atoms with E-state index in [-0.39, 0.29) is 0 Å². The molecule has 0 radical (unpaired) electrons. The third kappa shape index (κ3) is 3.14. The van der Waals surface area contributed by atoms with Gasteiger partial charge in [-0.3, -0.25) is 9.69 Å². The van der Waals surface area contributed by atoms with Crippen molar-refractivity contribution in [3.63, 3.8) is 0 Å². The van der Waals surface area contributed by atoms with Crippen molar-refractivity contribution in [2.75, 3.05) is 19.1 Å². The Morgan fingerprint density at radius 2 is 1.69 bits per heavy atom. The molecule has 3 aromatic carbocycles. The SMILES string of the molecule is COC(=O)c1ccc(N2C(=O)C(N)(c3ccccc3Cl)c3cc(Cl)ccc32)c(OC)c1C. The van der Waals surface area contributed by atoms with Crippen LogP contribution in [0.15, 0.2) is 54.6 Å². The van der Waals surface area contributed by atoms with Crippen LogP contribution in [-0.2, 0) is 15.1 Å². The summed E-state index contributed by atoms with van der Waals surface area (Å²) >= 11 is 12.7. The molecule has 1 atom stereocenters. The summed E-state index contributed by atoms with van der Waals surface area (Å²) in [4.78, 5) is 27.6. The summed E-state index contributed by atoms with van der Waals surface area (Å²) < 4.78 is 10.5. The van der Waals surface area contributed by atoms with Crippen molar-refractivity contribution in [1.29, 1.82) is 0 Å². The number of halogens is 2. The number of esters is 1. The van der Waals surface area contributed by atoms with Gasteiger partial charge in [-0.15, -0.1) is 0 Å². The highest BCUT2D eigenvalue weighted by atomic mass is 35.5. The van der Waals surface area contributed by atoms with E-state index < -0.39 is 17.4 Å². The Labute approximate surface area is 195 Å². The van der Waals surface area contributed by atoms with E-state index in [4.69, 9.17) is 38.4 Å². The lowest BCUT2D eigenvalue weighted by atomic mass is 9.85. The molecule has 0 spiro atoms. The topological polar surface area (TPSA) is 81.9 Å². The smallest absolute Gasteiger partial charge is 0.338 e. The maximum absolute atomic E-state index is 14.0. The van der Waals surface area contributed by atoms with E-state index in [1.165, 1.54) is 19.1 Å². The first-order chi connectivity index (χ1) is 15.2. The molecule has 0 aliphatic carbocycles. The predicted molar refractivity (Wildman–Crippen MR) is 124 cm³/mol. The lowest BCUT2D eigenvalue weighted by Crippen LogP contribution is -2.47. The molecule has 1 heterocycles. The maximum atomic E-state index is 14.0. The van der Waals surface area contributed by atoms with Gasteiger partial charge in [0.05, 0.1) is 31.2 Å². The third-order valence-corrected chi connectivity index (χ3v) is 6.26. The third-order valence-electron chi connectivity index (χ3n) is 5.70. The van der Waals surface area contributed by atoms with Crippen molar-refractivity contribution in [3.05, 3.63) is 86.9 Å². The van der Waals surface area contributed by atoms with Gasteiger partial charge in [-0.1, -0.05) is 41.4 Å². The number of nitrogens with two attached hydrogens (primary N) is 1. The van der Waals surface area contributed by atoms with Crippen LogP contribution in [0.5, 0.6) is 5.75 Å². The summed E-state index contributed by atoms with van der Waals surface area (Å²) in [6.45, 7) is 1.72. The molecular weight excluding hydrogens is 451 g/mol. The number of carbonyl (C=O) groups excluding carboxylic acids is 2. The highest BCUT2D eigenvalue weighted by Gasteiger charge is 2.51. The normalized spacial score (nSPS) is 17.3. The van der Waals surface area contributed by atoms with Crippen molar-refractivity contribution in [1.82, 2.24) is 0 Å². The lowest BCUT2D eigenvalue weighted by molar-refractivity contribution is -0.121. The van der Waals surface area contributed by atoms with Gasteiger partial charge in [0.2, 0.25) is 0 Å². The Kier molecular flexibility index (Phi) is 5.63. The van der Waals surface area contributed by atoms with Gasteiger partial charge in [0.1, 0.15) is 5.75 Å². The second kappa shape index (κ2) is 8.13. The predicted octanol–water partition coefficient (Wildman–Crippen LogP) is 4.98. The van der Waals surface area contributed by atoms with Gasteiger partial charge in [0.15, 0.2) is 5.54 Å². The van der Waals surface area contributed by atoms with E-state index in [1.54, 1.807) is 61.5 Å². The lowest BCUT2D eigenvalue weighted by Gasteiger charge is -2.27. The average Bonchev–Trinajstić information content (AvgIpc) is 3.00. The van der Waals surface area contributed by atoms with E-state index in [9.17, 15) is 9.59 Å². The molecule has 0 saturated carbocycles. The number of nitrogens with zero attached hydrogens (tertiary/aromatic N) is 1. The standard InChI is InChI=1S/C24H20Cl2N2O4/c1-13-15(22(29)32-3)9-11-20(21(13)31-2)28-19-10-8-14(25)12-17(19)24(27,23(28)30)16-6-4-5-7-18(16)26/h4-12H,27H2,1-3H3. The quantitative estimate of drug-likeness (QED) is 0.543. The van der Waals surface area contributed by atoms with E-state index in [0.717, 1.165) is 0 Å². The number of benzene rings is 3. The first kappa shape index (κ1) is 22.1. The van der Waals surface area contributed by atoms with Crippen molar-refractivity contribution < 1.29 is 19.1 Å². The monoisotopic (exact) mass is 470 g/mol. The number of fused-ring (bicyclic) bond motifs is 1. The van der Waals surface area contributed by atoms with Gasteiger partial charge in [0.25, 0.3) is 5.91 Å². The fourth-order valence-corrected chi connectivity index (χ4v) is 4.60. The minimum Gasteiger partial charge on any atom is -0.494 e. The second-order valence-corrected chi connectivity index (χ2v) is 8.22. The molecule has 0 saturated heterocycles. The first-order valence-electron chi connectivity index (χ1n) is 9.70. The summed E-state index contributed by atoms with van der Waals surface area (Å²) in [6, 6.07) is 15.2. The Balaban J connectivity index is 1.99. The average molecular weight is 471 g/mol. The molecule has 0 aromatic heterocycles. The molecule has 32 heavy (non-hydrogen) atoms. The Bertz CT molecular complexity index is 1260. The molecule has 0 fully saturated rings. The zero-order chi connectivity index (χ0) is 23.2. The molecule has 1 aliphatic rings. The van der Waals surface area contributed by atoms with Crippen LogP contribution in [0.4, 0.5) is 11.4 Å². The van der Waals surface area contributed by atoms with Crippen molar-refractivity contribution in [2.24, 2.45) is 5.73 Å². The van der Waals surface area contributed by atoms with Gasteiger partial charge in [-0.2, -0.15) is 0 Å². The van der Waals surface area contributed by atoms with Crippen molar-refractivity contribution >= 4 is 46.5 Å². The van der Waals surface area contributed by atoms with E-state index in [2.05, 4.69) is 0 Å². The van der Waals surface area contributed by atoms with Crippen LogP contribution in [0.3, 0.4) is 0 Å².